The van der Waals surface area contributed by atoms with E-state index < -0.39 is 0 Å². The average molecular weight is 252 g/mol. The number of nitrogens with two attached hydrogens (primary N) is 1. The van der Waals surface area contributed by atoms with E-state index in [-0.39, 0.29) is 11.9 Å². The molecule has 1 unspecified atom stereocenters. The van der Waals surface area contributed by atoms with Crippen molar-refractivity contribution >= 4 is 5.69 Å². The molecule has 1 saturated heterocycles. The van der Waals surface area contributed by atoms with Gasteiger partial charge in [-0.25, -0.2) is 4.39 Å². The van der Waals surface area contributed by atoms with E-state index in [4.69, 9.17) is 10.5 Å². The minimum atomic E-state index is -0.157. The Balaban J connectivity index is 2.27. The van der Waals surface area contributed by atoms with E-state index in [1.54, 1.807) is 6.07 Å². The molecule has 0 radical (unpaired) electrons. The van der Waals surface area contributed by atoms with Gasteiger partial charge in [0.2, 0.25) is 0 Å². The molecule has 0 aliphatic carbocycles. The molecule has 2 rings (SSSR count). The summed E-state index contributed by atoms with van der Waals surface area (Å²) >= 11 is 0. The maximum atomic E-state index is 14.0. The second-order valence-electron chi connectivity index (χ2n) is 4.87. The lowest BCUT2D eigenvalue weighted by molar-refractivity contribution is 0.152. The van der Waals surface area contributed by atoms with E-state index in [0.717, 1.165) is 37.4 Å². The Labute approximate surface area is 108 Å². The molecule has 1 atom stereocenters. The van der Waals surface area contributed by atoms with Crippen LogP contribution in [0.4, 0.5) is 10.1 Å². The topological polar surface area (TPSA) is 38.5 Å². The molecule has 1 heterocycles. The number of hydrogen-bond donors (Lipinski definition) is 1. The van der Waals surface area contributed by atoms with Crippen LogP contribution in [0.3, 0.4) is 0 Å². The first-order valence-electron chi connectivity index (χ1n) is 6.54. The van der Waals surface area contributed by atoms with Crippen LogP contribution in [0.5, 0.6) is 0 Å². The van der Waals surface area contributed by atoms with E-state index in [1.165, 1.54) is 6.07 Å². The van der Waals surface area contributed by atoms with Gasteiger partial charge in [0.15, 0.2) is 0 Å². The average Bonchev–Trinajstić information content (AvgIpc) is 2.60. The van der Waals surface area contributed by atoms with Gasteiger partial charge in [0.1, 0.15) is 5.82 Å². The van der Waals surface area contributed by atoms with Crippen LogP contribution in [0.25, 0.3) is 0 Å². The summed E-state index contributed by atoms with van der Waals surface area (Å²) in [7, 11) is 0. The number of halogens is 1. The lowest BCUT2D eigenvalue weighted by Crippen LogP contribution is -2.28. The monoisotopic (exact) mass is 252 g/mol. The molecular weight excluding hydrogens is 231 g/mol. The summed E-state index contributed by atoms with van der Waals surface area (Å²) in [5, 5.41) is 0. The van der Waals surface area contributed by atoms with Crippen molar-refractivity contribution in [2.75, 3.05) is 31.2 Å². The third-order valence-corrected chi connectivity index (χ3v) is 3.18. The zero-order chi connectivity index (χ0) is 13.0. The summed E-state index contributed by atoms with van der Waals surface area (Å²) in [5.74, 6) is -0.157. The van der Waals surface area contributed by atoms with Crippen molar-refractivity contribution in [3.8, 4) is 0 Å². The zero-order valence-corrected chi connectivity index (χ0v) is 10.9. The molecule has 3 nitrogen and oxygen atoms in total. The highest BCUT2D eigenvalue weighted by Crippen LogP contribution is 2.25. The molecule has 0 bridgehead atoms. The van der Waals surface area contributed by atoms with Gasteiger partial charge in [-0.15, -0.1) is 0 Å². The fourth-order valence-corrected chi connectivity index (χ4v) is 2.35. The second kappa shape index (κ2) is 6.16. The summed E-state index contributed by atoms with van der Waals surface area (Å²) in [6.07, 6.45) is 1.55. The highest BCUT2D eigenvalue weighted by molar-refractivity contribution is 5.54. The van der Waals surface area contributed by atoms with Crippen molar-refractivity contribution in [1.29, 1.82) is 0 Å². The quantitative estimate of drug-likeness (QED) is 0.893. The molecule has 4 heteroatoms. The number of benzene rings is 1. The van der Waals surface area contributed by atoms with Gasteiger partial charge in [-0.3, -0.25) is 0 Å². The summed E-state index contributed by atoms with van der Waals surface area (Å²) < 4.78 is 19.4. The van der Waals surface area contributed by atoms with E-state index in [0.29, 0.717) is 13.0 Å². The van der Waals surface area contributed by atoms with Gasteiger partial charge in [-0.05, 0) is 31.9 Å². The minimum Gasteiger partial charge on any atom is -0.380 e. The Hall–Kier alpha value is -1.13. The van der Waals surface area contributed by atoms with Crippen LogP contribution < -0.4 is 10.6 Å². The number of anilines is 1. The summed E-state index contributed by atoms with van der Waals surface area (Å²) in [4.78, 5) is 2.20. The van der Waals surface area contributed by atoms with Gasteiger partial charge < -0.3 is 15.4 Å². The van der Waals surface area contributed by atoms with Gasteiger partial charge >= 0.3 is 0 Å². The van der Waals surface area contributed by atoms with Crippen molar-refractivity contribution in [2.45, 2.75) is 25.8 Å². The Morgan fingerprint density at radius 2 is 2.22 bits per heavy atom. The molecule has 1 aliphatic rings. The fraction of sp³-hybridized carbons (Fsp3) is 0.571. The lowest BCUT2D eigenvalue weighted by atomic mass is 10.0. The first-order chi connectivity index (χ1) is 8.68. The van der Waals surface area contributed by atoms with Crippen LogP contribution >= 0.6 is 0 Å². The Morgan fingerprint density at radius 1 is 1.39 bits per heavy atom. The van der Waals surface area contributed by atoms with Gasteiger partial charge in [-0.1, -0.05) is 6.07 Å². The Morgan fingerprint density at radius 3 is 3.00 bits per heavy atom. The molecule has 0 aromatic heterocycles. The molecule has 0 spiro atoms. The molecular formula is C14H21FN2O. The van der Waals surface area contributed by atoms with Crippen LogP contribution in [0.2, 0.25) is 0 Å². The van der Waals surface area contributed by atoms with Crippen molar-refractivity contribution < 1.29 is 9.13 Å². The Bertz CT molecular complexity index is 387. The third-order valence-electron chi connectivity index (χ3n) is 3.18. The van der Waals surface area contributed by atoms with Gasteiger partial charge in [-0.2, -0.15) is 0 Å². The SMILES string of the molecule is CC(N)Cc1c(F)cccc1N1CCCOCC1. The van der Waals surface area contributed by atoms with Crippen molar-refractivity contribution in [3.63, 3.8) is 0 Å². The van der Waals surface area contributed by atoms with E-state index in [2.05, 4.69) is 4.90 Å². The zero-order valence-electron chi connectivity index (χ0n) is 10.9. The van der Waals surface area contributed by atoms with Crippen molar-refractivity contribution in [2.24, 2.45) is 5.73 Å². The second-order valence-corrected chi connectivity index (χ2v) is 4.87. The third kappa shape index (κ3) is 3.21. The smallest absolute Gasteiger partial charge is 0.128 e. The maximum absolute atomic E-state index is 14.0. The molecule has 18 heavy (non-hydrogen) atoms. The Kier molecular flexibility index (Phi) is 4.55. The van der Waals surface area contributed by atoms with Crippen LogP contribution in [-0.2, 0) is 11.2 Å². The largest absolute Gasteiger partial charge is 0.380 e. The molecule has 0 saturated carbocycles. The van der Waals surface area contributed by atoms with E-state index >= 15 is 0 Å². The molecule has 2 N–H and O–H groups in total. The fourth-order valence-electron chi connectivity index (χ4n) is 2.35. The van der Waals surface area contributed by atoms with Crippen molar-refractivity contribution in [1.82, 2.24) is 0 Å². The van der Waals surface area contributed by atoms with Gasteiger partial charge in [0.25, 0.3) is 0 Å². The number of hydrogen-bond acceptors (Lipinski definition) is 3. The predicted octanol–water partition coefficient (Wildman–Crippen LogP) is 1.94. The molecule has 1 aromatic rings. The molecule has 1 aromatic carbocycles. The summed E-state index contributed by atoms with van der Waals surface area (Å²) in [6.45, 7) is 5.12. The summed E-state index contributed by atoms with van der Waals surface area (Å²) in [6, 6.07) is 5.21. The normalized spacial score (nSPS) is 18.5. The maximum Gasteiger partial charge on any atom is 0.128 e. The summed E-state index contributed by atoms with van der Waals surface area (Å²) in [5.41, 5.74) is 7.51. The van der Waals surface area contributed by atoms with Gasteiger partial charge in [0.05, 0.1) is 6.61 Å². The molecule has 1 fully saturated rings. The van der Waals surface area contributed by atoms with Crippen LogP contribution in [0.1, 0.15) is 18.9 Å². The first-order valence-corrected chi connectivity index (χ1v) is 6.54. The van der Waals surface area contributed by atoms with E-state index in [1.807, 2.05) is 13.0 Å². The number of rotatable bonds is 3. The standard InChI is InChI=1S/C14H21FN2O/c1-11(16)10-12-13(15)4-2-5-14(12)17-6-3-8-18-9-7-17/h2,4-5,11H,3,6-10,16H2,1H3. The molecule has 100 valence electrons. The minimum absolute atomic E-state index is 0.0381. The highest BCUT2D eigenvalue weighted by atomic mass is 19.1. The van der Waals surface area contributed by atoms with Crippen LogP contribution in [0.15, 0.2) is 18.2 Å². The van der Waals surface area contributed by atoms with Crippen LogP contribution in [0, 0.1) is 5.82 Å². The number of nitrogens with zero attached hydrogens (tertiary/aromatic N) is 1. The first kappa shape index (κ1) is 13.3. The number of ether oxygens (including phenoxy) is 1. The molecule has 0 amide bonds. The predicted molar refractivity (Wildman–Crippen MR) is 71.4 cm³/mol. The lowest BCUT2D eigenvalue weighted by Gasteiger charge is -2.25. The van der Waals surface area contributed by atoms with Crippen molar-refractivity contribution in [3.05, 3.63) is 29.6 Å². The molecule has 1 aliphatic heterocycles. The van der Waals surface area contributed by atoms with E-state index in [9.17, 15) is 4.39 Å². The highest BCUT2D eigenvalue weighted by Gasteiger charge is 2.17. The van der Waals surface area contributed by atoms with Crippen LogP contribution in [-0.4, -0.2) is 32.3 Å². The van der Waals surface area contributed by atoms with Gasteiger partial charge in [0, 0.05) is 37.0 Å².